The fourth-order valence-corrected chi connectivity index (χ4v) is 4.80. The van der Waals surface area contributed by atoms with E-state index >= 15 is 0 Å². The summed E-state index contributed by atoms with van der Waals surface area (Å²) in [6.45, 7) is 0. The third kappa shape index (κ3) is 2.43. The topological polar surface area (TPSA) is 95.1 Å². The molecule has 8 heteroatoms. The molecule has 124 valence electrons. The van der Waals surface area contributed by atoms with Crippen molar-refractivity contribution in [2.24, 2.45) is 7.05 Å². The van der Waals surface area contributed by atoms with Crippen molar-refractivity contribution >= 4 is 20.6 Å². The lowest BCUT2D eigenvalue weighted by Gasteiger charge is -2.06. The second kappa shape index (κ2) is 5.27. The van der Waals surface area contributed by atoms with Crippen molar-refractivity contribution < 1.29 is 12.9 Å². The minimum Gasteiger partial charge on any atom is -0.332 e. The van der Waals surface area contributed by atoms with Crippen molar-refractivity contribution in [2.45, 2.75) is 12.3 Å². The lowest BCUT2D eigenvalue weighted by molar-refractivity contribution is 0.415. The average molecular weight is 345 g/mol. The minimum atomic E-state index is -3.02. The Hall–Kier alpha value is -2.48. The Morgan fingerprint density at radius 1 is 1.29 bits per heavy atom. The number of pyridine rings is 1. The zero-order chi connectivity index (χ0) is 16.9. The van der Waals surface area contributed by atoms with E-state index in [0.717, 1.165) is 5.39 Å². The van der Waals surface area contributed by atoms with Crippen LogP contribution in [0.5, 0.6) is 0 Å². The quantitative estimate of drug-likeness (QED) is 0.698. The molecule has 1 atom stereocenters. The first-order chi connectivity index (χ1) is 11.4. The smallest absolute Gasteiger partial charge is 0.274 e. The summed E-state index contributed by atoms with van der Waals surface area (Å²) < 4.78 is 30.0. The molecule has 0 spiro atoms. The van der Waals surface area contributed by atoms with Gasteiger partial charge in [-0.2, -0.15) is 4.98 Å². The lowest BCUT2D eigenvalue weighted by atomic mass is 10.1. The van der Waals surface area contributed by atoms with Gasteiger partial charge in [0, 0.05) is 18.4 Å². The number of fused-ring (bicyclic) bond motifs is 1. The molecule has 1 fully saturated rings. The van der Waals surface area contributed by atoms with Gasteiger partial charge in [-0.15, -0.1) is 0 Å². The first kappa shape index (κ1) is 15.1. The Morgan fingerprint density at radius 2 is 2.08 bits per heavy atom. The molecule has 0 aliphatic carbocycles. The van der Waals surface area contributed by atoms with Crippen molar-refractivity contribution in [3.8, 4) is 11.6 Å². The van der Waals surface area contributed by atoms with Crippen LogP contribution in [0.25, 0.3) is 22.4 Å². The first-order valence-electron chi connectivity index (χ1n) is 7.58. The largest absolute Gasteiger partial charge is 0.332 e. The van der Waals surface area contributed by atoms with E-state index in [1.807, 2.05) is 24.3 Å². The van der Waals surface area contributed by atoms with Gasteiger partial charge in [0.25, 0.3) is 11.4 Å². The van der Waals surface area contributed by atoms with Crippen molar-refractivity contribution in [1.82, 2.24) is 14.7 Å². The van der Waals surface area contributed by atoms with Crippen molar-refractivity contribution in [1.29, 1.82) is 0 Å². The normalized spacial score (nSPS) is 19.8. The van der Waals surface area contributed by atoms with E-state index in [9.17, 15) is 13.2 Å². The van der Waals surface area contributed by atoms with Crippen LogP contribution in [0.4, 0.5) is 0 Å². The number of nitrogens with zero attached hydrogens (tertiary/aromatic N) is 3. The summed E-state index contributed by atoms with van der Waals surface area (Å²) in [6, 6.07) is 9.10. The van der Waals surface area contributed by atoms with Crippen LogP contribution in [0, 0.1) is 0 Å². The van der Waals surface area contributed by atoms with E-state index in [2.05, 4.69) is 10.1 Å². The zero-order valence-corrected chi connectivity index (χ0v) is 13.8. The lowest BCUT2D eigenvalue weighted by Crippen LogP contribution is -2.18. The minimum absolute atomic E-state index is 0.0443. The molecule has 0 amide bonds. The van der Waals surface area contributed by atoms with Crippen LogP contribution in [-0.2, 0) is 16.9 Å². The van der Waals surface area contributed by atoms with Gasteiger partial charge in [-0.1, -0.05) is 23.4 Å². The fourth-order valence-electron chi connectivity index (χ4n) is 3.06. The second-order valence-electron chi connectivity index (χ2n) is 6.04. The summed E-state index contributed by atoms with van der Waals surface area (Å²) in [4.78, 5) is 16.8. The van der Waals surface area contributed by atoms with Crippen LogP contribution in [0.2, 0.25) is 0 Å². The SMILES string of the molecule is Cn1c(-c2nc(C3CCS(=O)(=O)C3)no2)cc2ccccc2c1=O. The zero-order valence-electron chi connectivity index (χ0n) is 13.0. The molecule has 7 nitrogen and oxygen atoms in total. The molecule has 4 rings (SSSR count). The van der Waals surface area contributed by atoms with E-state index in [0.29, 0.717) is 23.3 Å². The number of sulfone groups is 1. The molecule has 0 bridgehead atoms. The second-order valence-corrected chi connectivity index (χ2v) is 8.27. The van der Waals surface area contributed by atoms with Crippen LogP contribution in [-0.4, -0.2) is 34.6 Å². The van der Waals surface area contributed by atoms with Crippen LogP contribution >= 0.6 is 0 Å². The Labute approximate surface area is 137 Å². The summed E-state index contributed by atoms with van der Waals surface area (Å²) in [5.41, 5.74) is 0.365. The van der Waals surface area contributed by atoms with Crippen LogP contribution in [0.3, 0.4) is 0 Å². The van der Waals surface area contributed by atoms with Gasteiger partial charge in [-0.05, 0) is 23.9 Å². The van der Waals surface area contributed by atoms with E-state index in [-0.39, 0.29) is 28.9 Å². The molecule has 0 N–H and O–H groups in total. The van der Waals surface area contributed by atoms with E-state index in [4.69, 9.17) is 4.52 Å². The van der Waals surface area contributed by atoms with E-state index in [1.54, 1.807) is 13.1 Å². The summed E-state index contributed by atoms with van der Waals surface area (Å²) in [7, 11) is -1.37. The van der Waals surface area contributed by atoms with Gasteiger partial charge in [0.1, 0.15) is 5.69 Å². The Kier molecular flexibility index (Phi) is 3.31. The standard InChI is InChI=1S/C16H15N3O4S/c1-19-13(8-10-4-2-3-5-12(10)16(19)20)15-17-14(18-23-15)11-6-7-24(21,22)9-11/h2-5,8,11H,6-7,9H2,1H3. The number of hydrogen-bond donors (Lipinski definition) is 0. The molecule has 1 aliphatic rings. The third-order valence-electron chi connectivity index (χ3n) is 4.41. The van der Waals surface area contributed by atoms with E-state index in [1.165, 1.54) is 4.57 Å². The molecule has 1 saturated heterocycles. The van der Waals surface area contributed by atoms with E-state index < -0.39 is 9.84 Å². The maximum atomic E-state index is 12.5. The van der Waals surface area contributed by atoms with Crippen molar-refractivity contribution in [2.75, 3.05) is 11.5 Å². The van der Waals surface area contributed by atoms with Gasteiger partial charge >= 0.3 is 0 Å². The first-order valence-corrected chi connectivity index (χ1v) is 9.40. The highest BCUT2D eigenvalue weighted by atomic mass is 32.2. The fraction of sp³-hybridized carbons (Fsp3) is 0.312. The third-order valence-corrected chi connectivity index (χ3v) is 6.18. The number of hydrogen-bond acceptors (Lipinski definition) is 6. The van der Waals surface area contributed by atoms with Gasteiger partial charge in [-0.25, -0.2) is 8.42 Å². The van der Waals surface area contributed by atoms with Gasteiger partial charge in [0.05, 0.1) is 11.5 Å². The van der Waals surface area contributed by atoms with Crippen LogP contribution in [0.1, 0.15) is 18.2 Å². The highest BCUT2D eigenvalue weighted by Gasteiger charge is 2.32. The van der Waals surface area contributed by atoms with Gasteiger partial charge < -0.3 is 9.09 Å². The predicted octanol–water partition coefficient (Wildman–Crippen LogP) is 1.49. The van der Waals surface area contributed by atoms with Crippen molar-refractivity contribution in [3.63, 3.8) is 0 Å². The Bertz CT molecular complexity index is 1100. The number of benzene rings is 1. The molecule has 1 aromatic carbocycles. The summed E-state index contributed by atoms with van der Waals surface area (Å²) in [5, 5.41) is 5.33. The molecular weight excluding hydrogens is 330 g/mol. The number of rotatable bonds is 2. The molecular formula is C16H15N3O4S. The highest BCUT2D eigenvalue weighted by Crippen LogP contribution is 2.28. The Balaban J connectivity index is 1.79. The highest BCUT2D eigenvalue weighted by molar-refractivity contribution is 7.91. The molecule has 24 heavy (non-hydrogen) atoms. The van der Waals surface area contributed by atoms with Gasteiger partial charge in [-0.3, -0.25) is 4.79 Å². The maximum Gasteiger partial charge on any atom is 0.274 e. The molecule has 3 heterocycles. The Morgan fingerprint density at radius 3 is 2.83 bits per heavy atom. The van der Waals surface area contributed by atoms with Crippen LogP contribution in [0.15, 0.2) is 39.6 Å². The van der Waals surface area contributed by atoms with Crippen molar-refractivity contribution in [3.05, 3.63) is 46.5 Å². The average Bonchev–Trinajstić information content (AvgIpc) is 3.17. The molecule has 0 radical (unpaired) electrons. The van der Waals surface area contributed by atoms with Gasteiger partial charge in [0.15, 0.2) is 15.7 Å². The monoisotopic (exact) mass is 345 g/mol. The molecule has 2 aromatic heterocycles. The predicted molar refractivity (Wildman–Crippen MR) is 88.5 cm³/mol. The molecule has 1 unspecified atom stereocenters. The molecule has 1 aliphatic heterocycles. The van der Waals surface area contributed by atoms with Crippen LogP contribution < -0.4 is 5.56 Å². The summed E-state index contributed by atoms with van der Waals surface area (Å²) in [6.07, 6.45) is 0.498. The number of aromatic nitrogens is 3. The van der Waals surface area contributed by atoms with Gasteiger partial charge in [0.2, 0.25) is 0 Å². The molecule has 0 saturated carbocycles. The summed E-state index contributed by atoms with van der Waals surface area (Å²) >= 11 is 0. The molecule has 3 aromatic rings. The summed E-state index contributed by atoms with van der Waals surface area (Å²) in [5.74, 6) is 0.551. The maximum absolute atomic E-state index is 12.5.